The number of hydrogen-bond donors (Lipinski definition) is 0. The lowest BCUT2D eigenvalue weighted by Gasteiger charge is -2.14. The molecule has 2 aliphatic rings. The number of nitrogens with zero attached hydrogens (tertiary/aromatic N) is 4. The van der Waals surface area contributed by atoms with Crippen molar-refractivity contribution in [2.45, 2.75) is 24.3 Å². The highest BCUT2D eigenvalue weighted by Gasteiger charge is 2.20. The van der Waals surface area contributed by atoms with Crippen LogP contribution in [0.2, 0.25) is 0 Å². The topological polar surface area (TPSA) is 31.2 Å². The minimum absolute atomic E-state index is 0.483. The Morgan fingerprint density at radius 3 is 1.71 bits per heavy atom. The summed E-state index contributed by atoms with van der Waals surface area (Å²) in [4.78, 5) is 0. The van der Waals surface area contributed by atoms with Crippen LogP contribution in [0.3, 0.4) is 0 Å². The Morgan fingerprint density at radius 2 is 1.43 bits per heavy atom. The molecular formula is C6H10N4S4. The van der Waals surface area contributed by atoms with Gasteiger partial charge in [0.15, 0.2) is 0 Å². The number of hydrazone groups is 2. The van der Waals surface area contributed by atoms with Crippen LogP contribution in [-0.4, -0.2) is 30.6 Å². The molecule has 0 amide bonds. The fraction of sp³-hybridized carbons (Fsp3) is 0.667. The highest BCUT2D eigenvalue weighted by molar-refractivity contribution is 8.77. The summed E-state index contributed by atoms with van der Waals surface area (Å²) in [6, 6.07) is 0. The average Bonchev–Trinajstić information content (AvgIpc) is 2.72. The molecule has 0 radical (unpaired) electrons. The van der Waals surface area contributed by atoms with Crippen molar-refractivity contribution in [3.63, 3.8) is 0 Å². The van der Waals surface area contributed by atoms with Crippen LogP contribution in [0.4, 0.5) is 0 Å². The fourth-order valence-corrected chi connectivity index (χ4v) is 4.92. The van der Waals surface area contributed by atoms with Crippen molar-refractivity contribution in [3.8, 4) is 0 Å². The van der Waals surface area contributed by atoms with Crippen LogP contribution < -0.4 is 0 Å². The Morgan fingerprint density at radius 1 is 1.00 bits per heavy atom. The normalized spacial score (nSPS) is 30.7. The smallest absolute Gasteiger partial charge is 0.0778 e. The van der Waals surface area contributed by atoms with Crippen molar-refractivity contribution in [3.05, 3.63) is 0 Å². The van der Waals surface area contributed by atoms with E-state index in [4.69, 9.17) is 0 Å². The van der Waals surface area contributed by atoms with Gasteiger partial charge in [-0.25, -0.2) is 0 Å². The first-order valence-corrected chi connectivity index (χ1v) is 7.84. The summed E-state index contributed by atoms with van der Waals surface area (Å²) in [5, 5.41) is 9.41. The van der Waals surface area contributed by atoms with Crippen molar-refractivity contribution < 1.29 is 0 Å². The standard InChI is InChI=1S/C6H10N4S4/c1-5-3-7-9(11-5)13-14-10-8-4-6(2)12-10/h3-6H,1-2H3. The molecule has 0 aromatic carbocycles. The lowest BCUT2D eigenvalue weighted by atomic mass is 10.5. The second-order valence-corrected chi connectivity index (χ2v) is 7.72. The molecule has 2 atom stereocenters. The first-order valence-electron chi connectivity index (χ1n) is 4.11. The first-order chi connectivity index (χ1) is 6.74. The minimum atomic E-state index is 0.483. The maximum atomic E-state index is 4.22. The lowest BCUT2D eigenvalue weighted by Crippen LogP contribution is -1.97. The predicted octanol–water partition coefficient (Wildman–Crippen LogP) is 2.87. The molecule has 0 fully saturated rings. The van der Waals surface area contributed by atoms with E-state index in [9.17, 15) is 0 Å². The van der Waals surface area contributed by atoms with Gasteiger partial charge in [0.25, 0.3) is 0 Å². The van der Waals surface area contributed by atoms with Gasteiger partial charge in [0.1, 0.15) is 0 Å². The van der Waals surface area contributed by atoms with Crippen LogP contribution in [0.5, 0.6) is 0 Å². The van der Waals surface area contributed by atoms with Gasteiger partial charge in [-0.1, -0.05) is 0 Å². The molecule has 0 saturated heterocycles. The average molecular weight is 266 g/mol. The Kier molecular flexibility index (Phi) is 3.80. The van der Waals surface area contributed by atoms with E-state index in [-0.39, 0.29) is 0 Å². The van der Waals surface area contributed by atoms with E-state index in [1.54, 1.807) is 45.9 Å². The van der Waals surface area contributed by atoms with Crippen LogP contribution in [-0.2, 0) is 0 Å². The van der Waals surface area contributed by atoms with Crippen LogP contribution >= 0.6 is 45.9 Å². The largest absolute Gasteiger partial charge is 0.167 e. The van der Waals surface area contributed by atoms with Crippen LogP contribution in [0.1, 0.15) is 13.8 Å². The molecule has 0 saturated carbocycles. The summed E-state index contributed by atoms with van der Waals surface area (Å²) >= 11 is 3.43. The Labute approximate surface area is 100 Å². The third-order valence-electron chi connectivity index (χ3n) is 1.42. The summed E-state index contributed by atoms with van der Waals surface area (Å²) in [7, 11) is 3.19. The van der Waals surface area contributed by atoms with Gasteiger partial charge in [0.2, 0.25) is 0 Å². The van der Waals surface area contributed by atoms with Gasteiger partial charge in [0.05, 0.1) is 32.5 Å². The molecular weight excluding hydrogens is 256 g/mol. The lowest BCUT2D eigenvalue weighted by molar-refractivity contribution is 0.837. The van der Waals surface area contributed by atoms with Gasteiger partial charge in [-0.2, -0.15) is 17.8 Å². The quantitative estimate of drug-likeness (QED) is 0.577. The zero-order chi connectivity index (χ0) is 9.97. The molecule has 0 aromatic heterocycles. The molecule has 2 aliphatic heterocycles. The maximum absolute atomic E-state index is 4.22. The van der Waals surface area contributed by atoms with Crippen molar-refractivity contribution in [2.75, 3.05) is 0 Å². The molecule has 0 aromatic rings. The molecule has 2 rings (SSSR count). The Balaban J connectivity index is 1.68. The summed E-state index contributed by atoms with van der Waals surface area (Å²) < 4.78 is 3.82. The molecule has 2 unspecified atom stereocenters. The highest BCUT2D eigenvalue weighted by atomic mass is 33.1. The molecule has 2 heterocycles. The van der Waals surface area contributed by atoms with E-state index >= 15 is 0 Å². The molecule has 78 valence electrons. The minimum Gasteiger partial charge on any atom is -0.167 e. The van der Waals surface area contributed by atoms with E-state index in [2.05, 4.69) is 24.1 Å². The molecule has 0 spiro atoms. The Hall–Kier alpha value is 0.340. The zero-order valence-corrected chi connectivity index (χ0v) is 11.0. The van der Waals surface area contributed by atoms with Gasteiger partial charge in [-0.3, -0.25) is 0 Å². The van der Waals surface area contributed by atoms with Crippen LogP contribution in [0, 0.1) is 0 Å². The molecule has 4 nitrogen and oxygen atoms in total. The van der Waals surface area contributed by atoms with Gasteiger partial charge >= 0.3 is 0 Å². The van der Waals surface area contributed by atoms with E-state index in [0.29, 0.717) is 10.5 Å². The van der Waals surface area contributed by atoms with Gasteiger partial charge in [-0.15, -0.1) is 0 Å². The van der Waals surface area contributed by atoms with Gasteiger partial charge < -0.3 is 0 Å². The third kappa shape index (κ3) is 2.91. The second-order valence-electron chi connectivity index (χ2n) is 2.77. The Bertz CT molecular complexity index is 232. The highest BCUT2D eigenvalue weighted by Crippen LogP contribution is 2.43. The zero-order valence-electron chi connectivity index (χ0n) is 7.73. The maximum Gasteiger partial charge on any atom is 0.0778 e. The van der Waals surface area contributed by atoms with Gasteiger partial charge in [-0.05, 0) is 37.7 Å². The molecule has 0 N–H and O–H groups in total. The first kappa shape index (κ1) is 10.8. The molecule has 0 bridgehead atoms. The molecule has 14 heavy (non-hydrogen) atoms. The molecule has 8 heteroatoms. The van der Waals surface area contributed by atoms with E-state index in [0.717, 1.165) is 0 Å². The van der Waals surface area contributed by atoms with E-state index in [1.165, 1.54) is 0 Å². The van der Waals surface area contributed by atoms with E-state index < -0.39 is 0 Å². The SMILES string of the molecule is CC1C=NN(SSN2N=CC(C)S2)S1. The van der Waals surface area contributed by atoms with Crippen LogP contribution in [0.15, 0.2) is 10.2 Å². The summed E-state index contributed by atoms with van der Waals surface area (Å²) in [5.74, 6) is 0. The summed E-state index contributed by atoms with van der Waals surface area (Å²) in [6.07, 6.45) is 3.89. The van der Waals surface area contributed by atoms with Gasteiger partial charge in [0, 0.05) is 12.4 Å². The van der Waals surface area contributed by atoms with Crippen molar-refractivity contribution in [2.24, 2.45) is 10.2 Å². The number of rotatable bonds is 3. The summed E-state index contributed by atoms with van der Waals surface area (Å²) in [5.41, 5.74) is 0. The second kappa shape index (κ2) is 4.91. The monoisotopic (exact) mass is 266 g/mol. The van der Waals surface area contributed by atoms with Crippen molar-refractivity contribution in [1.82, 2.24) is 7.64 Å². The predicted molar refractivity (Wildman–Crippen MR) is 70.0 cm³/mol. The summed E-state index contributed by atoms with van der Waals surface area (Å²) in [6.45, 7) is 4.26. The van der Waals surface area contributed by atoms with Crippen LogP contribution in [0.25, 0.3) is 0 Å². The fourth-order valence-electron chi connectivity index (χ4n) is 0.821. The molecule has 0 aliphatic carbocycles. The number of hydrogen-bond acceptors (Lipinski definition) is 8. The third-order valence-corrected chi connectivity index (χ3v) is 5.96. The van der Waals surface area contributed by atoms with Crippen molar-refractivity contribution in [1.29, 1.82) is 0 Å². The van der Waals surface area contributed by atoms with E-state index in [1.807, 2.05) is 20.1 Å². The van der Waals surface area contributed by atoms with Crippen molar-refractivity contribution >= 4 is 58.3 Å².